The van der Waals surface area contributed by atoms with Crippen LogP contribution in [0.2, 0.25) is 0 Å². The number of aromatic nitrogens is 3. The lowest BCUT2D eigenvalue weighted by Crippen LogP contribution is -2.34. The molecule has 1 aliphatic heterocycles. The highest BCUT2D eigenvalue weighted by Gasteiger charge is 2.15. The topological polar surface area (TPSA) is 83.8 Å². The molecule has 0 spiro atoms. The van der Waals surface area contributed by atoms with E-state index in [1.807, 2.05) is 86.8 Å². The summed E-state index contributed by atoms with van der Waals surface area (Å²) in [6.45, 7) is 13.3. The van der Waals surface area contributed by atoms with Crippen molar-refractivity contribution in [3.05, 3.63) is 72.3 Å². The number of likely N-dealkylation sites (tertiary alicyclic amines) is 1. The molecule has 2 N–H and O–H groups in total. The molecule has 0 bridgehead atoms. The van der Waals surface area contributed by atoms with Gasteiger partial charge in [-0.25, -0.2) is 4.52 Å². The van der Waals surface area contributed by atoms with Crippen molar-refractivity contribution in [3.63, 3.8) is 0 Å². The molecular weight excluding hydrogens is 500 g/mol. The van der Waals surface area contributed by atoms with Gasteiger partial charge in [0.15, 0.2) is 5.65 Å². The van der Waals surface area contributed by atoms with E-state index < -0.39 is 0 Å². The van der Waals surface area contributed by atoms with Gasteiger partial charge in [-0.2, -0.15) is 4.98 Å². The highest BCUT2D eigenvalue weighted by Crippen LogP contribution is 2.25. The quantitative estimate of drug-likeness (QED) is 0.255. The van der Waals surface area contributed by atoms with Gasteiger partial charge in [-0.15, -0.1) is 5.10 Å². The number of pyridine rings is 1. The van der Waals surface area contributed by atoms with Gasteiger partial charge in [0.25, 0.3) is 0 Å². The van der Waals surface area contributed by atoms with E-state index >= 15 is 0 Å². The third-order valence-corrected chi connectivity index (χ3v) is 6.36. The molecule has 0 unspecified atom stereocenters. The molecule has 5 rings (SSSR count). The summed E-state index contributed by atoms with van der Waals surface area (Å²) in [5.74, 6) is 2.09. The number of carbonyl (C=O) groups excluding carboxylic acids is 1. The average molecular weight is 547 g/mol. The van der Waals surface area contributed by atoms with Gasteiger partial charge in [0.1, 0.15) is 5.75 Å². The molecule has 0 radical (unpaired) electrons. The number of fused-ring (bicyclic) bond motifs is 1. The fourth-order valence-electron chi connectivity index (χ4n) is 4.21. The van der Waals surface area contributed by atoms with Crippen molar-refractivity contribution in [1.82, 2.24) is 24.8 Å². The molecule has 216 valence electrons. The van der Waals surface area contributed by atoms with Crippen molar-refractivity contribution in [2.24, 2.45) is 5.92 Å². The molecule has 2 aromatic heterocycles. The Morgan fingerprint density at radius 3 is 2.30 bits per heavy atom. The predicted octanol–water partition coefficient (Wildman–Crippen LogP) is 6.58. The van der Waals surface area contributed by atoms with E-state index in [1.54, 1.807) is 7.11 Å². The van der Waals surface area contributed by atoms with Crippen LogP contribution in [0.3, 0.4) is 0 Å². The second kappa shape index (κ2) is 17.6. The minimum atomic E-state index is 0.569. The summed E-state index contributed by atoms with van der Waals surface area (Å²) in [7, 11) is 3.81. The molecule has 8 nitrogen and oxygen atoms in total. The number of piperidine rings is 1. The van der Waals surface area contributed by atoms with Crippen LogP contribution < -0.4 is 15.4 Å². The van der Waals surface area contributed by atoms with Gasteiger partial charge >= 0.3 is 0 Å². The van der Waals surface area contributed by atoms with Crippen LogP contribution in [-0.4, -0.2) is 59.7 Å². The Labute approximate surface area is 239 Å². The first-order valence-electron chi connectivity index (χ1n) is 14.2. The third-order valence-electron chi connectivity index (χ3n) is 6.36. The summed E-state index contributed by atoms with van der Waals surface area (Å²) in [5.41, 5.74) is 4.95. The lowest BCUT2D eigenvalue weighted by molar-refractivity contribution is -0.109. The number of amides is 1. The number of ether oxygens (including phenoxy) is 1. The fourth-order valence-corrected chi connectivity index (χ4v) is 4.21. The minimum Gasteiger partial charge on any atom is -0.497 e. The molecule has 1 aliphatic rings. The fraction of sp³-hybridized carbons (Fsp3) is 0.406. The van der Waals surface area contributed by atoms with Crippen LogP contribution in [0.1, 0.15) is 46.1 Å². The maximum Gasteiger partial charge on any atom is 0.247 e. The summed E-state index contributed by atoms with van der Waals surface area (Å²) in [5, 5.41) is 10.6. The van der Waals surface area contributed by atoms with E-state index in [9.17, 15) is 4.79 Å². The molecule has 40 heavy (non-hydrogen) atoms. The van der Waals surface area contributed by atoms with Gasteiger partial charge in [-0.3, -0.25) is 4.79 Å². The van der Waals surface area contributed by atoms with E-state index in [-0.39, 0.29) is 0 Å². The van der Waals surface area contributed by atoms with Crippen molar-refractivity contribution in [3.8, 4) is 17.0 Å². The third kappa shape index (κ3) is 9.68. The lowest BCUT2D eigenvalue weighted by Gasteiger charge is -2.28. The van der Waals surface area contributed by atoms with Gasteiger partial charge in [0, 0.05) is 17.8 Å². The number of hydrogen-bond donors (Lipinski definition) is 2. The molecule has 4 aromatic rings. The van der Waals surface area contributed by atoms with Crippen LogP contribution in [0.4, 0.5) is 11.6 Å². The SMILES string of the molecule is CC.CC.CN1CCC(CNC=O)CC1.COc1cccc(-c2cccc3nc(Nc4ccc(C)cc4)nn23)c1. The summed E-state index contributed by atoms with van der Waals surface area (Å²) in [4.78, 5) is 16.9. The number of hydrogen-bond acceptors (Lipinski definition) is 6. The molecular formula is C32H46N6O2. The van der Waals surface area contributed by atoms with E-state index in [4.69, 9.17) is 4.74 Å². The summed E-state index contributed by atoms with van der Waals surface area (Å²) in [6.07, 6.45) is 3.23. The molecule has 0 saturated carbocycles. The standard InChI is InChI=1S/C20H18N4O.C8H16N2O.2C2H6/c1-14-9-11-16(12-10-14)21-20-22-19-8-4-7-18(24(19)23-20)15-5-3-6-17(13-15)25-2;1-10-4-2-8(3-5-10)6-9-7-11;2*1-2/h3-13H,1-2H3,(H,21,23);7-8H,2-6H2,1H3,(H,9,11);2*1-2H3. The lowest BCUT2D eigenvalue weighted by atomic mass is 9.97. The number of carbonyl (C=O) groups is 1. The Bertz CT molecular complexity index is 1260. The highest BCUT2D eigenvalue weighted by molar-refractivity contribution is 5.66. The van der Waals surface area contributed by atoms with Crippen LogP contribution in [0.5, 0.6) is 5.75 Å². The number of nitrogens with zero attached hydrogens (tertiary/aromatic N) is 4. The van der Waals surface area contributed by atoms with E-state index in [0.29, 0.717) is 11.9 Å². The average Bonchev–Trinajstić information content (AvgIpc) is 3.43. The zero-order valence-electron chi connectivity index (χ0n) is 25.1. The Morgan fingerprint density at radius 1 is 0.975 bits per heavy atom. The summed E-state index contributed by atoms with van der Waals surface area (Å²) < 4.78 is 7.16. The molecule has 2 aromatic carbocycles. The first kappa shape index (κ1) is 32.3. The monoisotopic (exact) mass is 546 g/mol. The second-order valence-corrected chi connectivity index (χ2v) is 9.11. The summed E-state index contributed by atoms with van der Waals surface area (Å²) in [6, 6.07) is 22.0. The van der Waals surface area contributed by atoms with E-state index in [1.165, 1.54) is 31.5 Å². The highest BCUT2D eigenvalue weighted by atomic mass is 16.5. The van der Waals surface area contributed by atoms with Crippen molar-refractivity contribution in [2.45, 2.75) is 47.5 Å². The van der Waals surface area contributed by atoms with Crippen molar-refractivity contribution in [2.75, 3.05) is 39.1 Å². The number of methoxy groups -OCH3 is 1. The van der Waals surface area contributed by atoms with Crippen molar-refractivity contribution < 1.29 is 9.53 Å². The molecule has 3 heterocycles. The van der Waals surface area contributed by atoms with Gasteiger partial charge in [-0.05, 0) is 82.2 Å². The molecule has 8 heteroatoms. The van der Waals surface area contributed by atoms with Gasteiger partial charge < -0.3 is 20.3 Å². The first-order valence-corrected chi connectivity index (χ1v) is 14.2. The van der Waals surface area contributed by atoms with Crippen LogP contribution in [-0.2, 0) is 4.79 Å². The Hall–Kier alpha value is -3.91. The predicted molar refractivity (Wildman–Crippen MR) is 166 cm³/mol. The largest absolute Gasteiger partial charge is 0.497 e. The number of benzene rings is 2. The smallest absolute Gasteiger partial charge is 0.247 e. The Morgan fingerprint density at radius 2 is 1.65 bits per heavy atom. The van der Waals surface area contributed by atoms with Crippen LogP contribution in [0.15, 0.2) is 66.7 Å². The number of anilines is 2. The van der Waals surface area contributed by atoms with Gasteiger partial charge in [0.2, 0.25) is 12.4 Å². The number of nitrogens with one attached hydrogen (secondary N) is 2. The zero-order chi connectivity index (χ0) is 29.3. The molecule has 0 atom stereocenters. The Kier molecular flexibility index (Phi) is 14.2. The van der Waals surface area contributed by atoms with Crippen LogP contribution >= 0.6 is 0 Å². The minimum absolute atomic E-state index is 0.569. The zero-order valence-corrected chi connectivity index (χ0v) is 25.1. The molecule has 1 saturated heterocycles. The second-order valence-electron chi connectivity index (χ2n) is 9.11. The number of aryl methyl sites for hydroxylation is 1. The Balaban J connectivity index is 0.000000314. The van der Waals surface area contributed by atoms with Gasteiger partial charge in [0.05, 0.1) is 12.8 Å². The van der Waals surface area contributed by atoms with Crippen molar-refractivity contribution >= 4 is 23.7 Å². The number of rotatable bonds is 7. The maximum absolute atomic E-state index is 9.99. The van der Waals surface area contributed by atoms with E-state index in [0.717, 1.165) is 41.3 Å². The first-order chi connectivity index (χ1) is 19.6. The van der Waals surface area contributed by atoms with Gasteiger partial charge in [-0.1, -0.05) is 63.6 Å². The molecule has 0 aliphatic carbocycles. The molecule has 1 amide bonds. The maximum atomic E-state index is 9.99. The van der Waals surface area contributed by atoms with E-state index in [2.05, 4.69) is 51.7 Å². The van der Waals surface area contributed by atoms with Crippen LogP contribution in [0.25, 0.3) is 16.9 Å². The van der Waals surface area contributed by atoms with Crippen molar-refractivity contribution in [1.29, 1.82) is 0 Å². The molecule has 1 fully saturated rings. The normalized spacial score (nSPS) is 13.0. The summed E-state index contributed by atoms with van der Waals surface area (Å²) >= 11 is 0. The van der Waals surface area contributed by atoms with Crippen LogP contribution in [0, 0.1) is 12.8 Å².